The first-order valence-electron chi connectivity index (χ1n) is 7.20. The Morgan fingerprint density at radius 2 is 1.82 bits per heavy atom. The molecule has 3 heteroatoms. The monoisotopic (exact) mass is 238 g/mol. The summed E-state index contributed by atoms with van der Waals surface area (Å²) in [5, 5.41) is 3.36. The van der Waals surface area contributed by atoms with Crippen molar-refractivity contribution in [1.82, 2.24) is 10.2 Å². The fourth-order valence-corrected chi connectivity index (χ4v) is 3.34. The Kier molecular flexibility index (Phi) is 4.43. The van der Waals surface area contributed by atoms with Crippen molar-refractivity contribution in [3.05, 3.63) is 0 Å². The maximum atomic E-state index is 12.4. The molecule has 1 heterocycles. The summed E-state index contributed by atoms with van der Waals surface area (Å²) in [5.74, 6) is 0.991. The van der Waals surface area contributed by atoms with Gasteiger partial charge in [-0.25, -0.2) is 0 Å². The standard InChI is InChI=1S/C14H26N2O/c1-11-7-3-4-9-13(11)16(2)14(17)12-8-5-6-10-15-12/h11-13,15H,3-10H2,1-2H3. The smallest absolute Gasteiger partial charge is 0.239 e. The summed E-state index contributed by atoms with van der Waals surface area (Å²) in [5.41, 5.74) is 0. The van der Waals surface area contributed by atoms with Crippen LogP contribution in [0, 0.1) is 5.92 Å². The van der Waals surface area contributed by atoms with Crippen molar-refractivity contribution in [2.24, 2.45) is 5.92 Å². The van der Waals surface area contributed by atoms with E-state index in [1.807, 2.05) is 11.9 Å². The lowest BCUT2D eigenvalue weighted by molar-refractivity contribution is -0.136. The normalized spacial score (nSPS) is 34.4. The van der Waals surface area contributed by atoms with Gasteiger partial charge in [0, 0.05) is 13.1 Å². The van der Waals surface area contributed by atoms with Crippen molar-refractivity contribution < 1.29 is 4.79 Å². The van der Waals surface area contributed by atoms with Gasteiger partial charge >= 0.3 is 0 Å². The zero-order valence-electron chi connectivity index (χ0n) is 11.2. The molecular weight excluding hydrogens is 212 g/mol. The number of piperidine rings is 1. The van der Waals surface area contributed by atoms with Crippen LogP contribution in [0.1, 0.15) is 51.9 Å². The summed E-state index contributed by atoms with van der Waals surface area (Å²) < 4.78 is 0. The van der Waals surface area contributed by atoms with Crippen LogP contribution in [0.5, 0.6) is 0 Å². The molecular formula is C14H26N2O. The van der Waals surface area contributed by atoms with E-state index in [2.05, 4.69) is 12.2 Å². The highest BCUT2D eigenvalue weighted by Crippen LogP contribution is 2.28. The summed E-state index contributed by atoms with van der Waals surface area (Å²) in [6.07, 6.45) is 8.51. The molecule has 3 atom stereocenters. The molecule has 1 aliphatic carbocycles. The highest BCUT2D eigenvalue weighted by atomic mass is 16.2. The molecule has 17 heavy (non-hydrogen) atoms. The summed E-state index contributed by atoms with van der Waals surface area (Å²) >= 11 is 0. The topological polar surface area (TPSA) is 32.3 Å². The number of nitrogens with one attached hydrogen (secondary N) is 1. The lowest BCUT2D eigenvalue weighted by atomic mass is 9.84. The highest BCUT2D eigenvalue weighted by molar-refractivity contribution is 5.82. The number of rotatable bonds is 2. The van der Waals surface area contributed by atoms with E-state index in [0.29, 0.717) is 17.9 Å². The molecule has 2 fully saturated rings. The van der Waals surface area contributed by atoms with Crippen LogP contribution in [0.25, 0.3) is 0 Å². The van der Waals surface area contributed by atoms with Crippen molar-refractivity contribution in [3.8, 4) is 0 Å². The van der Waals surface area contributed by atoms with E-state index in [1.54, 1.807) is 0 Å². The number of carbonyl (C=O) groups is 1. The van der Waals surface area contributed by atoms with Crippen molar-refractivity contribution in [3.63, 3.8) is 0 Å². The van der Waals surface area contributed by atoms with Gasteiger partial charge in [0.1, 0.15) is 0 Å². The molecule has 1 N–H and O–H groups in total. The van der Waals surface area contributed by atoms with Crippen LogP contribution in [0.2, 0.25) is 0 Å². The molecule has 3 nitrogen and oxygen atoms in total. The van der Waals surface area contributed by atoms with Gasteiger partial charge in [0.15, 0.2) is 0 Å². The van der Waals surface area contributed by atoms with Crippen LogP contribution in [0.3, 0.4) is 0 Å². The molecule has 0 spiro atoms. The van der Waals surface area contributed by atoms with Gasteiger partial charge in [-0.2, -0.15) is 0 Å². The zero-order chi connectivity index (χ0) is 12.3. The average Bonchev–Trinajstić information content (AvgIpc) is 2.39. The van der Waals surface area contributed by atoms with Crippen molar-refractivity contribution in [1.29, 1.82) is 0 Å². The minimum Gasteiger partial charge on any atom is -0.341 e. The molecule has 1 saturated heterocycles. The van der Waals surface area contributed by atoms with E-state index in [0.717, 1.165) is 13.0 Å². The van der Waals surface area contributed by atoms with Gasteiger partial charge in [0.05, 0.1) is 6.04 Å². The molecule has 1 aliphatic heterocycles. The maximum absolute atomic E-state index is 12.4. The van der Waals surface area contributed by atoms with E-state index in [4.69, 9.17) is 0 Å². The first-order chi connectivity index (χ1) is 8.20. The molecule has 0 radical (unpaired) electrons. The number of likely N-dealkylation sites (N-methyl/N-ethyl adjacent to an activating group) is 1. The minimum atomic E-state index is 0.0860. The first-order valence-corrected chi connectivity index (χ1v) is 7.20. The van der Waals surface area contributed by atoms with Gasteiger partial charge in [0.2, 0.25) is 5.91 Å². The molecule has 2 aliphatic rings. The van der Waals surface area contributed by atoms with Crippen LogP contribution in [-0.4, -0.2) is 36.5 Å². The molecule has 0 aromatic carbocycles. The Labute approximate surface area is 105 Å². The Bertz CT molecular complexity index is 261. The lowest BCUT2D eigenvalue weighted by Gasteiger charge is -2.38. The fourth-order valence-electron chi connectivity index (χ4n) is 3.34. The third kappa shape index (κ3) is 3.01. The molecule has 0 bridgehead atoms. The van der Waals surface area contributed by atoms with E-state index in [1.165, 1.54) is 38.5 Å². The van der Waals surface area contributed by atoms with Crippen LogP contribution in [0.15, 0.2) is 0 Å². The van der Waals surface area contributed by atoms with E-state index in [9.17, 15) is 4.79 Å². The van der Waals surface area contributed by atoms with Crippen LogP contribution in [0.4, 0.5) is 0 Å². The van der Waals surface area contributed by atoms with Crippen molar-refractivity contribution in [2.45, 2.75) is 64.0 Å². The minimum absolute atomic E-state index is 0.0860. The summed E-state index contributed by atoms with van der Waals surface area (Å²) in [7, 11) is 2.01. The predicted octanol–water partition coefficient (Wildman–Crippen LogP) is 2.17. The van der Waals surface area contributed by atoms with Crippen LogP contribution < -0.4 is 5.32 Å². The highest BCUT2D eigenvalue weighted by Gasteiger charge is 2.31. The average molecular weight is 238 g/mol. The van der Waals surface area contributed by atoms with Crippen LogP contribution >= 0.6 is 0 Å². The lowest BCUT2D eigenvalue weighted by Crippen LogP contribution is -2.52. The second-order valence-electron chi connectivity index (χ2n) is 5.78. The van der Waals surface area contributed by atoms with Gasteiger partial charge in [-0.05, 0) is 38.1 Å². The molecule has 2 rings (SSSR count). The number of hydrogen-bond acceptors (Lipinski definition) is 2. The number of hydrogen-bond donors (Lipinski definition) is 1. The maximum Gasteiger partial charge on any atom is 0.239 e. The van der Waals surface area contributed by atoms with E-state index in [-0.39, 0.29) is 6.04 Å². The zero-order valence-corrected chi connectivity index (χ0v) is 11.2. The molecule has 98 valence electrons. The van der Waals surface area contributed by atoms with Gasteiger partial charge in [-0.1, -0.05) is 26.2 Å². The Hall–Kier alpha value is -0.570. The Morgan fingerprint density at radius 3 is 2.47 bits per heavy atom. The summed E-state index contributed by atoms with van der Waals surface area (Å²) in [4.78, 5) is 14.4. The first kappa shape index (κ1) is 12.9. The van der Waals surface area contributed by atoms with Gasteiger partial charge in [-0.15, -0.1) is 0 Å². The third-order valence-electron chi connectivity index (χ3n) is 4.52. The quantitative estimate of drug-likeness (QED) is 0.799. The SMILES string of the molecule is CC1CCCCC1N(C)C(=O)C1CCCCN1. The Morgan fingerprint density at radius 1 is 1.12 bits per heavy atom. The molecule has 0 aromatic heterocycles. The van der Waals surface area contributed by atoms with Crippen molar-refractivity contribution in [2.75, 3.05) is 13.6 Å². The number of amides is 1. The van der Waals surface area contributed by atoms with Gasteiger partial charge in [-0.3, -0.25) is 4.79 Å². The predicted molar refractivity (Wildman–Crippen MR) is 69.8 cm³/mol. The molecule has 0 aromatic rings. The number of nitrogens with zero attached hydrogens (tertiary/aromatic N) is 1. The van der Waals surface area contributed by atoms with Crippen LogP contribution in [-0.2, 0) is 4.79 Å². The second-order valence-corrected chi connectivity index (χ2v) is 5.78. The van der Waals surface area contributed by atoms with Gasteiger partial charge < -0.3 is 10.2 Å². The molecule has 1 amide bonds. The summed E-state index contributed by atoms with van der Waals surface area (Å²) in [6, 6.07) is 0.558. The largest absolute Gasteiger partial charge is 0.341 e. The van der Waals surface area contributed by atoms with E-state index < -0.39 is 0 Å². The Balaban J connectivity index is 1.92. The van der Waals surface area contributed by atoms with Gasteiger partial charge in [0.25, 0.3) is 0 Å². The second kappa shape index (κ2) is 5.85. The molecule has 3 unspecified atom stereocenters. The van der Waals surface area contributed by atoms with Crippen molar-refractivity contribution >= 4 is 5.91 Å². The third-order valence-corrected chi connectivity index (χ3v) is 4.52. The fraction of sp³-hybridized carbons (Fsp3) is 0.929. The number of carbonyl (C=O) groups excluding carboxylic acids is 1. The molecule has 1 saturated carbocycles. The van der Waals surface area contributed by atoms with E-state index >= 15 is 0 Å². The summed E-state index contributed by atoms with van der Waals surface area (Å²) in [6.45, 7) is 3.30.